The zero-order valence-electron chi connectivity index (χ0n) is 16.2. The number of carbonyl (C=O) groups excluding carboxylic acids is 1. The van der Waals surface area contributed by atoms with Crippen LogP contribution in [0.3, 0.4) is 0 Å². The number of aromatic nitrogens is 2. The smallest absolute Gasteiger partial charge is 0.343 e. The number of fused-ring (bicyclic) bond motifs is 5. The van der Waals surface area contributed by atoms with Gasteiger partial charge < -0.3 is 19.5 Å². The minimum Gasteiger partial charge on any atom is -0.507 e. The van der Waals surface area contributed by atoms with Crippen molar-refractivity contribution in [2.75, 3.05) is 0 Å². The molecule has 7 heteroatoms. The van der Waals surface area contributed by atoms with Crippen LogP contribution in [0.2, 0.25) is 0 Å². The van der Waals surface area contributed by atoms with E-state index in [4.69, 9.17) is 9.72 Å². The van der Waals surface area contributed by atoms with Gasteiger partial charge in [0.15, 0.2) is 5.60 Å². The van der Waals surface area contributed by atoms with Gasteiger partial charge in [0.1, 0.15) is 12.4 Å². The summed E-state index contributed by atoms with van der Waals surface area (Å²) in [6, 6.07) is 6.89. The number of aryl methyl sites for hydroxylation is 1. The molecule has 0 fully saturated rings. The number of cyclic esters (lactones) is 1. The van der Waals surface area contributed by atoms with Crippen LogP contribution in [0.1, 0.15) is 42.5 Å². The lowest BCUT2D eigenvalue weighted by molar-refractivity contribution is -0.172. The lowest BCUT2D eigenvalue weighted by atomic mass is 9.86. The third-order valence-corrected chi connectivity index (χ3v) is 6.16. The Kier molecular flexibility index (Phi) is 3.64. The Morgan fingerprint density at radius 3 is 2.76 bits per heavy atom. The van der Waals surface area contributed by atoms with Crippen molar-refractivity contribution in [3.05, 3.63) is 56.9 Å². The van der Waals surface area contributed by atoms with Gasteiger partial charge in [-0.05, 0) is 36.6 Å². The molecule has 0 bridgehead atoms. The lowest BCUT2D eigenvalue weighted by Gasteiger charge is -2.31. The average molecular weight is 392 g/mol. The normalized spacial score (nSPS) is 19.6. The maximum atomic E-state index is 13.2. The SMILES string of the molecule is CCc1c2c(nc3cccc(O)c13)-c1cc3c(c(=O)n1C2)COC(=O)C3(O)CC. The molecular formula is C22H20N2O5. The van der Waals surface area contributed by atoms with Crippen LogP contribution in [0.15, 0.2) is 29.1 Å². The molecule has 4 heterocycles. The summed E-state index contributed by atoms with van der Waals surface area (Å²) in [6.45, 7) is 3.86. The van der Waals surface area contributed by atoms with Gasteiger partial charge in [-0.2, -0.15) is 0 Å². The summed E-state index contributed by atoms with van der Waals surface area (Å²) in [5.41, 5.74) is 2.17. The number of phenols is 1. The molecule has 7 nitrogen and oxygen atoms in total. The molecule has 5 rings (SSSR count). The summed E-state index contributed by atoms with van der Waals surface area (Å²) in [5, 5.41) is 22.0. The molecule has 1 aromatic carbocycles. The molecule has 1 atom stereocenters. The van der Waals surface area contributed by atoms with Crippen LogP contribution in [0, 0.1) is 0 Å². The Morgan fingerprint density at radius 1 is 1.24 bits per heavy atom. The van der Waals surface area contributed by atoms with Gasteiger partial charge in [0.05, 0.1) is 29.0 Å². The number of pyridine rings is 2. The Labute approximate surface area is 166 Å². The molecule has 2 aromatic heterocycles. The second-order valence-corrected chi connectivity index (χ2v) is 7.55. The first-order valence-corrected chi connectivity index (χ1v) is 9.71. The molecule has 0 saturated heterocycles. The van der Waals surface area contributed by atoms with E-state index in [9.17, 15) is 19.8 Å². The molecule has 0 radical (unpaired) electrons. The van der Waals surface area contributed by atoms with Crippen molar-refractivity contribution >= 4 is 16.9 Å². The molecule has 0 amide bonds. The van der Waals surface area contributed by atoms with E-state index < -0.39 is 11.6 Å². The largest absolute Gasteiger partial charge is 0.507 e. The Morgan fingerprint density at radius 2 is 2.03 bits per heavy atom. The van der Waals surface area contributed by atoms with E-state index in [0.29, 0.717) is 46.4 Å². The summed E-state index contributed by atoms with van der Waals surface area (Å²) in [5.74, 6) is -0.572. The quantitative estimate of drug-likeness (QED) is 0.508. The van der Waals surface area contributed by atoms with Crippen molar-refractivity contribution < 1.29 is 19.7 Å². The van der Waals surface area contributed by atoms with Crippen LogP contribution in [0.5, 0.6) is 5.75 Å². The fraction of sp³-hybridized carbons (Fsp3) is 0.318. The topological polar surface area (TPSA) is 102 Å². The summed E-state index contributed by atoms with van der Waals surface area (Å²) < 4.78 is 6.71. The third-order valence-electron chi connectivity index (χ3n) is 6.16. The maximum Gasteiger partial charge on any atom is 0.343 e. The number of ether oxygens (including phenoxy) is 1. The monoisotopic (exact) mass is 392 g/mol. The third kappa shape index (κ3) is 2.19. The van der Waals surface area contributed by atoms with E-state index in [2.05, 4.69) is 0 Å². The highest BCUT2D eigenvalue weighted by Gasteiger charge is 2.45. The fourth-order valence-electron chi connectivity index (χ4n) is 4.60. The highest BCUT2D eigenvalue weighted by atomic mass is 16.6. The fourth-order valence-corrected chi connectivity index (χ4v) is 4.60. The van der Waals surface area contributed by atoms with Gasteiger partial charge in [-0.15, -0.1) is 0 Å². The Bertz CT molecular complexity index is 1280. The summed E-state index contributed by atoms with van der Waals surface area (Å²) in [7, 11) is 0. The zero-order chi connectivity index (χ0) is 20.5. The predicted molar refractivity (Wildman–Crippen MR) is 106 cm³/mol. The summed E-state index contributed by atoms with van der Waals surface area (Å²) in [4.78, 5) is 30.2. The highest BCUT2D eigenvalue weighted by molar-refractivity contribution is 5.92. The molecule has 0 aliphatic carbocycles. The molecule has 2 aliphatic rings. The van der Waals surface area contributed by atoms with Crippen molar-refractivity contribution in [2.45, 2.75) is 45.4 Å². The van der Waals surface area contributed by atoms with Crippen LogP contribution in [-0.2, 0) is 34.7 Å². The van der Waals surface area contributed by atoms with Crippen LogP contribution >= 0.6 is 0 Å². The standard InChI is InChI=1S/C22H20N2O5/c1-3-11-12-9-24-16(19(12)23-15-6-5-7-17(25)18(11)15)8-14-13(20(24)26)10-29-21(27)22(14,28)4-2/h5-8,25,28H,3-4,9-10H2,1-2H3. The van der Waals surface area contributed by atoms with E-state index in [1.54, 1.807) is 29.7 Å². The number of rotatable bonds is 2. The second kappa shape index (κ2) is 5.90. The number of aliphatic hydroxyl groups is 1. The summed E-state index contributed by atoms with van der Waals surface area (Å²) >= 11 is 0. The molecule has 1 unspecified atom stereocenters. The van der Waals surface area contributed by atoms with Gasteiger partial charge >= 0.3 is 5.97 Å². The Balaban J connectivity index is 1.85. The number of hydrogen-bond acceptors (Lipinski definition) is 6. The number of carbonyl (C=O) groups is 1. The van der Waals surface area contributed by atoms with Crippen LogP contribution in [-0.4, -0.2) is 25.7 Å². The number of benzene rings is 1. The number of phenolic OH excluding ortho intramolecular Hbond substituents is 1. The van der Waals surface area contributed by atoms with E-state index in [1.807, 2.05) is 13.0 Å². The second-order valence-electron chi connectivity index (χ2n) is 7.55. The molecular weight excluding hydrogens is 372 g/mol. The van der Waals surface area contributed by atoms with Crippen LogP contribution < -0.4 is 5.56 Å². The molecule has 0 saturated carbocycles. The predicted octanol–water partition coefficient (Wildman–Crippen LogP) is 2.35. The van der Waals surface area contributed by atoms with Crippen molar-refractivity contribution in [3.8, 4) is 17.1 Å². The molecule has 148 valence electrons. The van der Waals surface area contributed by atoms with Crippen LogP contribution in [0.4, 0.5) is 0 Å². The van der Waals surface area contributed by atoms with Crippen molar-refractivity contribution in [1.82, 2.24) is 9.55 Å². The van der Waals surface area contributed by atoms with Gasteiger partial charge in [0, 0.05) is 16.5 Å². The molecule has 0 spiro atoms. The number of hydrogen-bond donors (Lipinski definition) is 2. The minimum absolute atomic E-state index is 0.105. The number of nitrogens with zero attached hydrogens (tertiary/aromatic N) is 2. The first kappa shape index (κ1) is 17.9. The first-order chi connectivity index (χ1) is 13.9. The molecule has 3 aromatic rings. The van der Waals surface area contributed by atoms with Gasteiger partial charge in [-0.25, -0.2) is 9.78 Å². The van der Waals surface area contributed by atoms with Crippen molar-refractivity contribution in [1.29, 1.82) is 0 Å². The van der Waals surface area contributed by atoms with E-state index >= 15 is 0 Å². The molecule has 2 aliphatic heterocycles. The minimum atomic E-state index is -1.84. The highest BCUT2D eigenvalue weighted by Crippen LogP contribution is 2.41. The van der Waals surface area contributed by atoms with E-state index in [1.165, 1.54) is 0 Å². The van der Waals surface area contributed by atoms with Gasteiger partial charge in [-0.3, -0.25) is 4.79 Å². The Hall–Kier alpha value is -3.19. The van der Waals surface area contributed by atoms with Crippen LogP contribution in [0.25, 0.3) is 22.3 Å². The first-order valence-electron chi connectivity index (χ1n) is 9.71. The van der Waals surface area contributed by atoms with Gasteiger partial charge in [0.2, 0.25) is 0 Å². The van der Waals surface area contributed by atoms with E-state index in [-0.39, 0.29) is 24.3 Å². The lowest BCUT2D eigenvalue weighted by Crippen LogP contribution is -2.44. The molecule has 2 N–H and O–H groups in total. The number of aromatic hydroxyl groups is 1. The van der Waals surface area contributed by atoms with Crippen molar-refractivity contribution in [3.63, 3.8) is 0 Å². The maximum absolute atomic E-state index is 13.2. The number of esters is 1. The molecule has 29 heavy (non-hydrogen) atoms. The summed E-state index contributed by atoms with van der Waals surface area (Å²) in [6.07, 6.45) is 0.774. The van der Waals surface area contributed by atoms with E-state index in [0.717, 1.165) is 11.1 Å². The van der Waals surface area contributed by atoms with Gasteiger partial charge in [-0.1, -0.05) is 19.9 Å². The van der Waals surface area contributed by atoms with Gasteiger partial charge in [0.25, 0.3) is 5.56 Å². The zero-order valence-corrected chi connectivity index (χ0v) is 16.2. The average Bonchev–Trinajstić information content (AvgIpc) is 3.08. The van der Waals surface area contributed by atoms with Crippen molar-refractivity contribution in [2.24, 2.45) is 0 Å².